The van der Waals surface area contributed by atoms with Crippen LogP contribution in [0, 0.1) is 5.41 Å². The van der Waals surface area contributed by atoms with Gasteiger partial charge in [0.25, 0.3) is 0 Å². The van der Waals surface area contributed by atoms with Crippen molar-refractivity contribution in [3.63, 3.8) is 0 Å². The second kappa shape index (κ2) is 6.72. The summed E-state index contributed by atoms with van der Waals surface area (Å²) in [5, 5.41) is 8.88. The van der Waals surface area contributed by atoms with Crippen LogP contribution in [0.1, 0.15) is 25.3 Å². The summed E-state index contributed by atoms with van der Waals surface area (Å²) in [7, 11) is 1.61. The van der Waals surface area contributed by atoms with Gasteiger partial charge in [-0.15, -0.1) is 0 Å². The maximum atomic E-state index is 12.6. The van der Waals surface area contributed by atoms with Crippen LogP contribution in [0.25, 0.3) is 0 Å². The Bertz CT molecular complexity index is 522. The highest BCUT2D eigenvalue weighted by atomic mass is 16.2. The van der Waals surface area contributed by atoms with Gasteiger partial charge in [-0.2, -0.15) is 0 Å². The molecule has 1 aromatic rings. The summed E-state index contributed by atoms with van der Waals surface area (Å²) in [6.07, 6.45) is 1.93. The first kappa shape index (κ1) is 15.5. The third-order valence-corrected chi connectivity index (χ3v) is 4.30. The van der Waals surface area contributed by atoms with Gasteiger partial charge in [-0.25, -0.2) is 0 Å². The molecule has 1 aliphatic rings. The number of benzene rings is 1. The highest BCUT2D eigenvalue weighted by Crippen LogP contribution is 2.31. The molecule has 1 saturated heterocycles. The van der Waals surface area contributed by atoms with Crippen LogP contribution in [-0.2, 0) is 16.0 Å². The van der Waals surface area contributed by atoms with Gasteiger partial charge < -0.3 is 16.0 Å². The number of carbonyl (C=O) groups excluding carboxylic acids is 2. The number of carbonyl (C=O) groups is 2. The third kappa shape index (κ3) is 3.42. The monoisotopic (exact) mass is 289 g/mol. The Morgan fingerprint density at radius 3 is 2.71 bits per heavy atom. The SMILES string of the molecule is CCC1(C(=O)Nc2ccccc2CC(=O)NC)CCNC1. The number of likely N-dealkylation sites (N-methyl/N-ethyl adjacent to an activating group) is 1. The fraction of sp³-hybridized carbons (Fsp3) is 0.500. The Kier molecular flexibility index (Phi) is 4.96. The van der Waals surface area contributed by atoms with E-state index in [2.05, 4.69) is 16.0 Å². The van der Waals surface area contributed by atoms with Gasteiger partial charge in [0.15, 0.2) is 0 Å². The standard InChI is InChI=1S/C16H23N3O2/c1-3-16(8-9-18-11-16)15(21)19-13-7-5-4-6-12(13)10-14(20)17-2/h4-7,18H,3,8-11H2,1-2H3,(H,17,20)(H,19,21). The summed E-state index contributed by atoms with van der Waals surface area (Å²) < 4.78 is 0. The number of rotatable bonds is 5. The van der Waals surface area contributed by atoms with Crippen molar-refractivity contribution in [2.45, 2.75) is 26.2 Å². The molecule has 1 atom stereocenters. The van der Waals surface area contributed by atoms with Crippen LogP contribution in [0.4, 0.5) is 5.69 Å². The summed E-state index contributed by atoms with van der Waals surface area (Å²) >= 11 is 0. The van der Waals surface area contributed by atoms with Crippen molar-refractivity contribution in [1.82, 2.24) is 10.6 Å². The Morgan fingerprint density at radius 2 is 2.10 bits per heavy atom. The van der Waals surface area contributed by atoms with Gasteiger partial charge in [0.1, 0.15) is 0 Å². The number of hydrogen-bond donors (Lipinski definition) is 3. The van der Waals surface area contributed by atoms with Gasteiger partial charge in [0.05, 0.1) is 11.8 Å². The van der Waals surface area contributed by atoms with E-state index in [1.807, 2.05) is 31.2 Å². The molecule has 0 radical (unpaired) electrons. The van der Waals surface area contributed by atoms with Gasteiger partial charge >= 0.3 is 0 Å². The summed E-state index contributed by atoms with van der Waals surface area (Å²) in [5.41, 5.74) is 1.23. The largest absolute Gasteiger partial charge is 0.359 e. The molecule has 5 heteroatoms. The second-order valence-electron chi connectivity index (χ2n) is 5.52. The van der Waals surface area contributed by atoms with Crippen LogP contribution in [0.3, 0.4) is 0 Å². The zero-order valence-electron chi connectivity index (χ0n) is 12.7. The number of para-hydroxylation sites is 1. The zero-order chi connectivity index (χ0) is 15.3. The predicted octanol–water partition coefficient (Wildman–Crippen LogP) is 1.30. The minimum atomic E-state index is -0.333. The molecule has 1 unspecified atom stereocenters. The van der Waals surface area contributed by atoms with Crippen molar-refractivity contribution >= 4 is 17.5 Å². The fourth-order valence-corrected chi connectivity index (χ4v) is 2.71. The molecule has 1 fully saturated rings. The average molecular weight is 289 g/mol. The van der Waals surface area contributed by atoms with E-state index in [9.17, 15) is 9.59 Å². The topological polar surface area (TPSA) is 70.2 Å². The smallest absolute Gasteiger partial charge is 0.231 e. The van der Waals surface area contributed by atoms with E-state index in [1.165, 1.54) is 0 Å². The third-order valence-electron chi connectivity index (χ3n) is 4.30. The lowest BCUT2D eigenvalue weighted by molar-refractivity contribution is -0.125. The number of amides is 2. The minimum absolute atomic E-state index is 0.0411. The van der Waals surface area contributed by atoms with Crippen LogP contribution in [-0.4, -0.2) is 32.0 Å². The van der Waals surface area contributed by atoms with E-state index < -0.39 is 0 Å². The molecule has 1 heterocycles. The predicted molar refractivity (Wildman–Crippen MR) is 83.1 cm³/mol. The van der Waals surface area contributed by atoms with E-state index in [0.29, 0.717) is 6.54 Å². The molecule has 0 bridgehead atoms. The lowest BCUT2D eigenvalue weighted by Gasteiger charge is -2.25. The van der Waals surface area contributed by atoms with Crippen LogP contribution >= 0.6 is 0 Å². The van der Waals surface area contributed by atoms with Crippen LogP contribution in [0.5, 0.6) is 0 Å². The Labute approximate surface area is 125 Å². The molecule has 0 aliphatic carbocycles. The lowest BCUT2D eigenvalue weighted by atomic mass is 9.83. The first-order valence-electron chi connectivity index (χ1n) is 7.42. The number of nitrogens with one attached hydrogen (secondary N) is 3. The summed E-state index contributed by atoms with van der Waals surface area (Å²) in [6.45, 7) is 3.64. The van der Waals surface area contributed by atoms with Crippen LogP contribution < -0.4 is 16.0 Å². The number of hydrogen-bond acceptors (Lipinski definition) is 3. The van der Waals surface area contributed by atoms with E-state index in [1.54, 1.807) is 7.05 Å². The molecule has 0 aromatic heterocycles. The summed E-state index contributed by atoms with van der Waals surface area (Å²) in [4.78, 5) is 24.2. The molecule has 2 amide bonds. The normalized spacial score (nSPS) is 21.0. The molecule has 0 spiro atoms. The van der Waals surface area contributed by atoms with E-state index in [4.69, 9.17) is 0 Å². The van der Waals surface area contributed by atoms with Crippen LogP contribution in [0.2, 0.25) is 0 Å². The molecule has 1 aliphatic heterocycles. The maximum Gasteiger partial charge on any atom is 0.231 e. The van der Waals surface area contributed by atoms with Gasteiger partial charge in [-0.05, 0) is 31.0 Å². The van der Waals surface area contributed by atoms with E-state index in [0.717, 1.165) is 30.6 Å². The zero-order valence-corrected chi connectivity index (χ0v) is 12.7. The van der Waals surface area contributed by atoms with Gasteiger partial charge in [0, 0.05) is 19.3 Å². The van der Waals surface area contributed by atoms with Crippen LogP contribution in [0.15, 0.2) is 24.3 Å². The van der Waals surface area contributed by atoms with Crippen molar-refractivity contribution < 1.29 is 9.59 Å². The molecular weight excluding hydrogens is 266 g/mol. The lowest BCUT2D eigenvalue weighted by Crippen LogP contribution is -2.37. The van der Waals surface area contributed by atoms with Crippen molar-refractivity contribution in [3.05, 3.63) is 29.8 Å². The minimum Gasteiger partial charge on any atom is -0.359 e. The molecule has 2 rings (SSSR count). The molecule has 3 N–H and O–H groups in total. The van der Waals surface area contributed by atoms with Gasteiger partial charge in [-0.3, -0.25) is 9.59 Å². The van der Waals surface area contributed by atoms with Crippen molar-refractivity contribution in [2.75, 3.05) is 25.5 Å². The van der Waals surface area contributed by atoms with Gasteiger partial charge in [0.2, 0.25) is 11.8 Å². The highest BCUT2D eigenvalue weighted by Gasteiger charge is 2.39. The summed E-state index contributed by atoms with van der Waals surface area (Å²) in [6, 6.07) is 7.47. The van der Waals surface area contributed by atoms with Crippen molar-refractivity contribution in [1.29, 1.82) is 0 Å². The maximum absolute atomic E-state index is 12.6. The van der Waals surface area contributed by atoms with Crippen molar-refractivity contribution in [3.8, 4) is 0 Å². The average Bonchev–Trinajstić information content (AvgIpc) is 2.99. The quantitative estimate of drug-likeness (QED) is 0.765. The first-order chi connectivity index (χ1) is 10.1. The van der Waals surface area contributed by atoms with E-state index in [-0.39, 0.29) is 23.7 Å². The number of anilines is 1. The van der Waals surface area contributed by atoms with Gasteiger partial charge in [-0.1, -0.05) is 25.1 Å². The Balaban J connectivity index is 2.15. The fourth-order valence-electron chi connectivity index (χ4n) is 2.71. The molecule has 114 valence electrons. The first-order valence-corrected chi connectivity index (χ1v) is 7.42. The molecule has 5 nitrogen and oxygen atoms in total. The molecule has 0 saturated carbocycles. The Morgan fingerprint density at radius 1 is 1.33 bits per heavy atom. The van der Waals surface area contributed by atoms with Crippen molar-refractivity contribution in [2.24, 2.45) is 5.41 Å². The molecule has 1 aromatic carbocycles. The summed E-state index contributed by atoms with van der Waals surface area (Å²) in [5.74, 6) is -0.0243. The van der Waals surface area contributed by atoms with E-state index >= 15 is 0 Å². The highest BCUT2D eigenvalue weighted by molar-refractivity contribution is 5.97. The molecule has 21 heavy (non-hydrogen) atoms. The second-order valence-corrected chi connectivity index (χ2v) is 5.52. The molecular formula is C16H23N3O2. The Hall–Kier alpha value is -1.88.